The number of anilines is 1. The van der Waals surface area contributed by atoms with Gasteiger partial charge in [-0.3, -0.25) is 4.79 Å². The number of fused-ring (bicyclic) bond motifs is 3. The lowest BCUT2D eigenvalue weighted by molar-refractivity contribution is -0.0349. The van der Waals surface area contributed by atoms with Crippen molar-refractivity contribution in [3.05, 3.63) is 64.7 Å². The van der Waals surface area contributed by atoms with Crippen LogP contribution in [0.15, 0.2) is 48.5 Å². The number of rotatable bonds is 2. The molecule has 23 heavy (non-hydrogen) atoms. The number of ketones is 1. The zero-order valence-electron chi connectivity index (χ0n) is 12.7. The molecule has 1 N–H and O–H groups in total. The molecule has 1 fully saturated rings. The van der Waals surface area contributed by atoms with E-state index in [4.69, 9.17) is 16.3 Å². The van der Waals surface area contributed by atoms with E-state index >= 15 is 0 Å². The van der Waals surface area contributed by atoms with Crippen molar-refractivity contribution in [3.63, 3.8) is 0 Å². The first kappa shape index (κ1) is 14.7. The van der Waals surface area contributed by atoms with E-state index in [0.29, 0.717) is 5.02 Å². The Balaban J connectivity index is 1.73. The van der Waals surface area contributed by atoms with Crippen LogP contribution >= 0.6 is 11.6 Å². The molecule has 0 spiro atoms. The third-order valence-corrected chi connectivity index (χ3v) is 5.00. The molecule has 2 aromatic rings. The van der Waals surface area contributed by atoms with Crippen molar-refractivity contribution in [2.45, 2.75) is 25.0 Å². The third-order valence-electron chi connectivity index (χ3n) is 4.77. The largest absolute Gasteiger partial charge is 0.374 e. The highest BCUT2D eigenvalue weighted by molar-refractivity contribution is 6.30. The van der Waals surface area contributed by atoms with E-state index in [2.05, 4.69) is 5.32 Å². The van der Waals surface area contributed by atoms with Gasteiger partial charge in [-0.15, -0.1) is 0 Å². The fourth-order valence-corrected chi connectivity index (χ4v) is 3.86. The maximum Gasteiger partial charge on any atom is 0.185 e. The topological polar surface area (TPSA) is 38.3 Å². The van der Waals surface area contributed by atoms with Gasteiger partial charge in [-0.1, -0.05) is 41.9 Å². The molecule has 118 valence electrons. The van der Waals surface area contributed by atoms with Crippen molar-refractivity contribution in [2.24, 2.45) is 5.92 Å². The zero-order chi connectivity index (χ0) is 15.8. The summed E-state index contributed by atoms with van der Waals surface area (Å²) >= 11 is 6.15. The van der Waals surface area contributed by atoms with Gasteiger partial charge in [-0.2, -0.15) is 0 Å². The molecule has 2 aliphatic heterocycles. The normalized spacial score (nSPS) is 25.9. The van der Waals surface area contributed by atoms with Crippen molar-refractivity contribution in [1.82, 2.24) is 0 Å². The van der Waals surface area contributed by atoms with E-state index in [0.717, 1.165) is 36.3 Å². The van der Waals surface area contributed by atoms with Gasteiger partial charge in [0.1, 0.15) is 0 Å². The molecular formula is C19H18ClNO2. The Kier molecular flexibility index (Phi) is 3.83. The smallest absolute Gasteiger partial charge is 0.185 e. The van der Waals surface area contributed by atoms with Gasteiger partial charge in [0, 0.05) is 34.4 Å². The molecule has 3 nitrogen and oxygen atoms in total. The molecule has 3 atom stereocenters. The second kappa shape index (κ2) is 5.99. The molecule has 0 radical (unpaired) electrons. The molecule has 2 aliphatic rings. The van der Waals surface area contributed by atoms with Gasteiger partial charge in [0.05, 0.1) is 12.1 Å². The van der Waals surface area contributed by atoms with Gasteiger partial charge >= 0.3 is 0 Å². The van der Waals surface area contributed by atoms with Crippen molar-refractivity contribution >= 4 is 23.1 Å². The summed E-state index contributed by atoms with van der Waals surface area (Å²) in [6.45, 7) is 0.735. The lowest BCUT2D eigenvalue weighted by Crippen LogP contribution is -2.46. The first-order valence-electron chi connectivity index (χ1n) is 8.01. The van der Waals surface area contributed by atoms with Crippen LogP contribution in [0, 0.1) is 5.92 Å². The second-order valence-corrected chi connectivity index (χ2v) is 6.62. The number of hydrogen-bond acceptors (Lipinski definition) is 3. The predicted molar refractivity (Wildman–Crippen MR) is 91.1 cm³/mol. The number of carbonyl (C=O) groups excluding carboxylic acids is 1. The van der Waals surface area contributed by atoms with Crippen LogP contribution in [0.2, 0.25) is 5.02 Å². The van der Waals surface area contributed by atoms with Crippen LogP contribution in [0.25, 0.3) is 0 Å². The van der Waals surface area contributed by atoms with Crippen LogP contribution in [0.1, 0.15) is 34.9 Å². The van der Waals surface area contributed by atoms with Crippen LogP contribution in [-0.4, -0.2) is 18.4 Å². The monoisotopic (exact) mass is 327 g/mol. The number of nitrogens with one attached hydrogen (secondary N) is 1. The van der Waals surface area contributed by atoms with Crippen molar-refractivity contribution in [1.29, 1.82) is 0 Å². The maximum absolute atomic E-state index is 13.0. The standard InChI is InChI=1S/C19H18ClNO2/c20-13-8-9-16-15(11-13)19-14(7-4-10-23-19)17(21-16)18(22)12-5-2-1-3-6-12/h1-3,5-6,8-9,11,14,17,19,21H,4,7,10H2/t14-,17-,19-/m0/s1. The second-order valence-electron chi connectivity index (χ2n) is 6.18. The highest BCUT2D eigenvalue weighted by Crippen LogP contribution is 2.45. The molecule has 0 bridgehead atoms. The highest BCUT2D eigenvalue weighted by atomic mass is 35.5. The van der Waals surface area contributed by atoms with Crippen LogP contribution in [0.5, 0.6) is 0 Å². The van der Waals surface area contributed by atoms with Gasteiger partial charge < -0.3 is 10.1 Å². The Hall–Kier alpha value is -1.84. The highest BCUT2D eigenvalue weighted by Gasteiger charge is 2.42. The Morgan fingerprint density at radius 1 is 1.17 bits per heavy atom. The van der Waals surface area contributed by atoms with E-state index in [1.165, 1.54) is 0 Å². The number of ether oxygens (including phenoxy) is 1. The van der Waals surface area contributed by atoms with Crippen LogP contribution < -0.4 is 5.32 Å². The third kappa shape index (κ3) is 2.64. The lowest BCUT2D eigenvalue weighted by atomic mass is 9.77. The van der Waals surface area contributed by atoms with E-state index < -0.39 is 0 Å². The first-order valence-corrected chi connectivity index (χ1v) is 8.39. The van der Waals surface area contributed by atoms with Crippen LogP contribution in [0.3, 0.4) is 0 Å². The predicted octanol–water partition coefficient (Wildman–Crippen LogP) is 4.48. The fourth-order valence-electron chi connectivity index (χ4n) is 3.68. The summed E-state index contributed by atoms with van der Waals surface area (Å²) in [6.07, 6.45) is 1.90. The molecule has 2 heterocycles. The van der Waals surface area contributed by atoms with Gasteiger partial charge in [0.15, 0.2) is 5.78 Å². The van der Waals surface area contributed by atoms with Crippen LogP contribution in [0.4, 0.5) is 5.69 Å². The molecule has 0 aromatic heterocycles. The molecule has 0 aliphatic carbocycles. The molecule has 4 rings (SSSR count). The number of hydrogen-bond donors (Lipinski definition) is 1. The van der Waals surface area contributed by atoms with Crippen molar-refractivity contribution < 1.29 is 9.53 Å². The van der Waals surface area contributed by atoms with Crippen molar-refractivity contribution in [3.8, 4) is 0 Å². The number of benzene rings is 2. The minimum Gasteiger partial charge on any atom is -0.374 e. The molecular weight excluding hydrogens is 310 g/mol. The average molecular weight is 328 g/mol. The van der Waals surface area contributed by atoms with E-state index in [9.17, 15) is 4.79 Å². The number of halogens is 1. The minimum atomic E-state index is -0.253. The van der Waals surface area contributed by atoms with Crippen molar-refractivity contribution in [2.75, 3.05) is 11.9 Å². The summed E-state index contributed by atoms with van der Waals surface area (Å²) in [4.78, 5) is 13.0. The Bertz CT molecular complexity index is 731. The van der Waals surface area contributed by atoms with Crippen LogP contribution in [-0.2, 0) is 4.74 Å². The maximum atomic E-state index is 13.0. The lowest BCUT2D eigenvalue weighted by Gasteiger charge is -2.42. The number of Topliss-reactive ketones (excluding diaryl/α,β-unsaturated/α-hetero) is 1. The summed E-state index contributed by atoms with van der Waals surface area (Å²) in [5, 5.41) is 4.13. The minimum absolute atomic E-state index is 0.0589. The van der Waals surface area contributed by atoms with Gasteiger partial charge in [-0.25, -0.2) is 0 Å². The fraction of sp³-hybridized carbons (Fsp3) is 0.316. The summed E-state index contributed by atoms with van der Waals surface area (Å²) in [5.74, 6) is 0.272. The molecule has 4 heteroatoms. The Morgan fingerprint density at radius 3 is 2.83 bits per heavy atom. The first-order chi connectivity index (χ1) is 11.2. The summed E-state index contributed by atoms with van der Waals surface area (Å²) in [6, 6.07) is 15.0. The van der Waals surface area contributed by atoms with E-state index in [1.807, 2.05) is 48.5 Å². The average Bonchev–Trinajstić information content (AvgIpc) is 2.61. The zero-order valence-corrected chi connectivity index (χ0v) is 13.4. The Labute approximate surface area is 140 Å². The molecule has 2 aromatic carbocycles. The summed E-state index contributed by atoms with van der Waals surface area (Å²) < 4.78 is 6.03. The summed E-state index contributed by atoms with van der Waals surface area (Å²) in [7, 11) is 0. The number of carbonyl (C=O) groups is 1. The molecule has 0 saturated carbocycles. The van der Waals surface area contributed by atoms with E-state index in [-0.39, 0.29) is 23.8 Å². The van der Waals surface area contributed by atoms with Gasteiger partial charge in [-0.05, 0) is 31.0 Å². The van der Waals surface area contributed by atoms with E-state index in [1.54, 1.807) is 0 Å². The molecule has 0 amide bonds. The summed E-state index contributed by atoms with van der Waals surface area (Å²) in [5.41, 5.74) is 2.76. The van der Waals surface area contributed by atoms with Gasteiger partial charge in [0.25, 0.3) is 0 Å². The van der Waals surface area contributed by atoms with Gasteiger partial charge in [0.2, 0.25) is 0 Å². The molecule has 0 unspecified atom stereocenters. The molecule has 1 saturated heterocycles. The quantitative estimate of drug-likeness (QED) is 0.826. The Morgan fingerprint density at radius 2 is 2.00 bits per heavy atom. The SMILES string of the molecule is O=C(c1ccccc1)[C@H]1Nc2ccc(Cl)cc2[C@H]2OCCC[C@@H]12.